The van der Waals surface area contributed by atoms with Crippen LogP contribution < -0.4 is 5.32 Å². The zero-order valence-electron chi connectivity index (χ0n) is 11.3. The number of hydrogen-bond donors (Lipinski definition) is 1. The summed E-state index contributed by atoms with van der Waals surface area (Å²) in [5, 5.41) is 3.66. The van der Waals surface area contributed by atoms with Crippen molar-refractivity contribution in [2.24, 2.45) is 0 Å². The molecule has 0 aliphatic carbocycles. The minimum absolute atomic E-state index is 0.426. The van der Waals surface area contributed by atoms with Gasteiger partial charge in [0.05, 0.1) is 24.3 Å². The summed E-state index contributed by atoms with van der Waals surface area (Å²) in [6, 6.07) is 7.05. The Morgan fingerprint density at radius 1 is 1.37 bits per heavy atom. The number of hydrogen-bond acceptors (Lipinski definition) is 3. The van der Waals surface area contributed by atoms with Crippen molar-refractivity contribution >= 4 is 0 Å². The molecule has 1 N–H and O–H groups in total. The second kappa shape index (κ2) is 5.53. The van der Waals surface area contributed by atoms with Crippen molar-refractivity contribution in [1.29, 1.82) is 0 Å². The van der Waals surface area contributed by atoms with Crippen molar-refractivity contribution in [1.82, 2.24) is 19.9 Å². The molecule has 0 spiro atoms. The van der Waals surface area contributed by atoms with Crippen LogP contribution in [0.4, 0.5) is 0 Å². The molecule has 2 aromatic rings. The smallest absolute Gasteiger partial charge is 0.0952 e. The number of aromatic nitrogens is 3. The summed E-state index contributed by atoms with van der Waals surface area (Å²) < 4.78 is 2.21. The molecule has 3 heterocycles. The van der Waals surface area contributed by atoms with Crippen molar-refractivity contribution in [3.63, 3.8) is 0 Å². The summed E-state index contributed by atoms with van der Waals surface area (Å²) in [4.78, 5) is 8.70. The van der Waals surface area contributed by atoms with E-state index in [1.54, 1.807) is 0 Å². The van der Waals surface area contributed by atoms with Crippen LogP contribution in [0, 0.1) is 0 Å². The first-order valence-corrected chi connectivity index (χ1v) is 6.99. The normalized spacial score (nSPS) is 23.4. The third-order valence-corrected chi connectivity index (χ3v) is 3.78. The molecule has 1 saturated heterocycles. The number of piperidine rings is 1. The van der Waals surface area contributed by atoms with Gasteiger partial charge in [0.2, 0.25) is 0 Å². The van der Waals surface area contributed by atoms with Gasteiger partial charge in [0.25, 0.3) is 0 Å². The van der Waals surface area contributed by atoms with Crippen molar-refractivity contribution in [3.8, 4) is 0 Å². The highest BCUT2D eigenvalue weighted by atomic mass is 15.1. The lowest BCUT2D eigenvalue weighted by atomic mass is 9.97. The highest BCUT2D eigenvalue weighted by Crippen LogP contribution is 2.25. The van der Waals surface area contributed by atoms with Crippen LogP contribution in [-0.2, 0) is 6.54 Å². The van der Waals surface area contributed by atoms with Crippen molar-refractivity contribution in [2.45, 2.75) is 44.8 Å². The molecule has 0 bridgehead atoms. The van der Waals surface area contributed by atoms with Crippen molar-refractivity contribution < 1.29 is 0 Å². The molecule has 0 amide bonds. The Bertz CT molecular complexity index is 520. The monoisotopic (exact) mass is 256 g/mol. The lowest BCUT2D eigenvalue weighted by molar-refractivity contribution is 0.330. The van der Waals surface area contributed by atoms with Gasteiger partial charge in [0.1, 0.15) is 0 Å². The number of rotatable bonds is 3. The topological polar surface area (TPSA) is 42.7 Å². The highest BCUT2D eigenvalue weighted by Gasteiger charge is 2.22. The van der Waals surface area contributed by atoms with E-state index in [-0.39, 0.29) is 0 Å². The summed E-state index contributed by atoms with van der Waals surface area (Å²) in [6.45, 7) is 3.05. The van der Waals surface area contributed by atoms with E-state index in [0.717, 1.165) is 12.2 Å². The number of nitrogens with zero attached hydrogens (tertiary/aromatic N) is 3. The average Bonchev–Trinajstić information content (AvgIpc) is 2.88. The van der Waals surface area contributed by atoms with Crippen LogP contribution in [-0.4, -0.2) is 20.6 Å². The van der Waals surface area contributed by atoms with Crippen LogP contribution in [0.5, 0.6) is 0 Å². The molecule has 4 nitrogen and oxygen atoms in total. The molecular weight excluding hydrogens is 236 g/mol. The molecule has 2 atom stereocenters. The van der Waals surface area contributed by atoms with E-state index >= 15 is 0 Å². The zero-order chi connectivity index (χ0) is 13.1. The third-order valence-electron chi connectivity index (χ3n) is 3.78. The molecule has 0 radical (unpaired) electrons. The largest absolute Gasteiger partial charge is 0.327 e. The number of nitrogens with one attached hydrogen (secondary N) is 1. The molecule has 0 aromatic carbocycles. The standard InChI is InChI=1S/C15H20N4/c1-12-5-4-7-14(18-12)15-9-16-11-19(15)10-13-6-2-3-8-17-13/h2-3,6,8-9,11-12,14,18H,4-5,7,10H2,1H3. The van der Waals surface area contributed by atoms with Crippen LogP contribution in [0.3, 0.4) is 0 Å². The van der Waals surface area contributed by atoms with E-state index in [1.165, 1.54) is 25.0 Å². The summed E-state index contributed by atoms with van der Waals surface area (Å²) in [7, 11) is 0. The molecular formula is C15H20N4. The zero-order valence-corrected chi connectivity index (χ0v) is 11.3. The predicted molar refractivity (Wildman–Crippen MR) is 74.8 cm³/mol. The first kappa shape index (κ1) is 12.4. The molecule has 4 heteroatoms. The fourth-order valence-corrected chi connectivity index (χ4v) is 2.79. The average molecular weight is 256 g/mol. The fraction of sp³-hybridized carbons (Fsp3) is 0.467. The first-order valence-electron chi connectivity index (χ1n) is 6.99. The Morgan fingerprint density at radius 3 is 3.11 bits per heavy atom. The Balaban J connectivity index is 1.78. The Hall–Kier alpha value is -1.68. The van der Waals surface area contributed by atoms with Crippen molar-refractivity contribution in [3.05, 3.63) is 48.3 Å². The van der Waals surface area contributed by atoms with Gasteiger partial charge < -0.3 is 9.88 Å². The van der Waals surface area contributed by atoms with E-state index in [0.29, 0.717) is 12.1 Å². The summed E-state index contributed by atoms with van der Waals surface area (Å²) >= 11 is 0. The Kier molecular flexibility index (Phi) is 3.60. The molecule has 3 rings (SSSR count). The molecule has 2 aromatic heterocycles. The summed E-state index contributed by atoms with van der Waals surface area (Å²) in [5.41, 5.74) is 2.35. The fourth-order valence-electron chi connectivity index (χ4n) is 2.79. The quantitative estimate of drug-likeness (QED) is 0.917. The maximum absolute atomic E-state index is 4.39. The van der Waals surface area contributed by atoms with Crippen LogP contribution in [0.25, 0.3) is 0 Å². The van der Waals surface area contributed by atoms with Gasteiger partial charge in [-0.25, -0.2) is 4.98 Å². The van der Waals surface area contributed by atoms with Crippen LogP contribution in [0.2, 0.25) is 0 Å². The molecule has 100 valence electrons. The third kappa shape index (κ3) is 2.84. The molecule has 0 saturated carbocycles. The van der Waals surface area contributed by atoms with E-state index in [2.05, 4.69) is 32.8 Å². The van der Waals surface area contributed by atoms with Gasteiger partial charge in [-0.3, -0.25) is 4.98 Å². The van der Waals surface area contributed by atoms with Gasteiger partial charge in [-0.2, -0.15) is 0 Å². The lowest BCUT2D eigenvalue weighted by Crippen LogP contribution is -2.35. The van der Waals surface area contributed by atoms with Gasteiger partial charge in [-0.05, 0) is 38.3 Å². The predicted octanol–water partition coefficient (Wildman–Crippen LogP) is 2.53. The Morgan fingerprint density at radius 2 is 2.32 bits per heavy atom. The first-order chi connectivity index (χ1) is 9.33. The van der Waals surface area contributed by atoms with Gasteiger partial charge in [-0.15, -0.1) is 0 Å². The maximum Gasteiger partial charge on any atom is 0.0952 e. The SMILES string of the molecule is CC1CCCC(c2cncn2Cc2ccccn2)N1. The minimum Gasteiger partial charge on any atom is -0.327 e. The molecule has 2 unspecified atom stereocenters. The molecule has 1 aliphatic heterocycles. The summed E-state index contributed by atoms with van der Waals surface area (Å²) in [6.07, 6.45) is 9.48. The van der Waals surface area contributed by atoms with Gasteiger partial charge in [-0.1, -0.05) is 6.07 Å². The van der Waals surface area contributed by atoms with E-state index in [9.17, 15) is 0 Å². The van der Waals surface area contributed by atoms with E-state index in [4.69, 9.17) is 0 Å². The van der Waals surface area contributed by atoms with E-state index in [1.807, 2.05) is 30.9 Å². The number of imidazole rings is 1. The van der Waals surface area contributed by atoms with Gasteiger partial charge >= 0.3 is 0 Å². The molecule has 1 fully saturated rings. The van der Waals surface area contributed by atoms with E-state index < -0.39 is 0 Å². The maximum atomic E-state index is 4.39. The molecule has 19 heavy (non-hydrogen) atoms. The van der Waals surface area contributed by atoms with Crippen LogP contribution in [0.15, 0.2) is 36.9 Å². The minimum atomic E-state index is 0.426. The van der Waals surface area contributed by atoms with Crippen molar-refractivity contribution in [2.75, 3.05) is 0 Å². The number of pyridine rings is 1. The van der Waals surface area contributed by atoms with Gasteiger partial charge in [0, 0.05) is 24.5 Å². The summed E-state index contributed by atoms with van der Waals surface area (Å²) in [5.74, 6) is 0. The Labute approximate surface area is 113 Å². The molecule has 1 aliphatic rings. The van der Waals surface area contributed by atoms with Gasteiger partial charge in [0.15, 0.2) is 0 Å². The van der Waals surface area contributed by atoms with Crippen LogP contribution in [0.1, 0.15) is 43.6 Å². The lowest BCUT2D eigenvalue weighted by Gasteiger charge is -2.29. The second-order valence-electron chi connectivity index (χ2n) is 5.32. The van der Waals surface area contributed by atoms with Crippen LogP contribution >= 0.6 is 0 Å². The second-order valence-corrected chi connectivity index (χ2v) is 5.32. The highest BCUT2D eigenvalue weighted by molar-refractivity contribution is 5.11.